The Morgan fingerprint density at radius 1 is 1.16 bits per heavy atom. The fourth-order valence-corrected chi connectivity index (χ4v) is 4.70. The van der Waals surface area contributed by atoms with E-state index in [1.54, 1.807) is 30.4 Å². The minimum Gasteiger partial charge on any atom is -0.483 e. The molecule has 1 aromatic heterocycles. The van der Waals surface area contributed by atoms with Crippen LogP contribution in [0, 0.1) is 13.8 Å². The standard InChI is InChI=1S/C22H25N3O4S2/c1-4-10-23-31(27,28)19-8-9-21(15(2)11-19)29-13-22(26)25-18-7-5-6-17(12-18)20-14-30-16(3)24-20/h5-9,11-12,14,23H,4,10,13H2,1-3H3,(H,25,26). The number of hydrogen-bond acceptors (Lipinski definition) is 6. The molecule has 2 N–H and O–H groups in total. The molecule has 1 amide bonds. The van der Waals surface area contributed by atoms with Crippen molar-refractivity contribution >= 4 is 33.0 Å². The molecule has 0 aliphatic carbocycles. The average Bonchev–Trinajstić information content (AvgIpc) is 3.18. The van der Waals surface area contributed by atoms with E-state index in [1.165, 1.54) is 12.1 Å². The summed E-state index contributed by atoms with van der Waals surface area (Å²) in [5.41, 5.74) is 3.08. The molecule has 0 unspecified atom stereocenters. The molecule has 0 atom stereocenters. The SMILES string of the molecule is CCCNS(=O)(=O)c1ccc(OCC(=O)Nc2cccc(-c3csc(C)n3)c2)c(C)c1. The quantitative estimate of drug-likeness (QED) is 0.501. The number of aryl methyl sites for hydroxylation is 2. The van der Waals surface area contributed by atoms with Gasteiger partial charge in [-0.3, -0.25) is 4.79 Å². The minimum atomic E-state index is -3.55. The maximum Gasteiger partial charge on any atom is 0.262 e. The fourth-order valence-electron chi connectivity index (χ4n) is 2.86. The Labute approximate surface area is 186 Å². The van der Waals surface area contributed by atoms with Crippen LogP contribution in [0.3, 0.4) is 0 Å². The van der Waals surface area contributed by atoms with Gasteiger partial charge in [-0.15, -0.1) is 11.3 Å². The van der Waals surface area contributed by atoms with Crippen LogP contribution in [0.2, 0.25) is 0 Å². The van der Waals surface area contributed by atoms with E-state index in [0.29, 0.717) is 30.0 Å². The van der Waals surface area contributed by atoms with Crippen LogP contribution in [0.1, 0.15) is 23.9 Å². The predicted octanol–water partition coefficient (Wildman–Crippen LogP) is 4.13. The van der Waals surface area contributed by atoms with Crippen LogP contribution >= 0.6 is 11.3 Å². The molecule has 7 nitrogen and oxygen atoms in total. The number of rotatable bonds is 9. The maximum atomic E-state index is 12.3. The summed E-state index contributed by atoms with van der Waals surface area (Å²) in [6.45, 7) is 5.77. The summed E-state index contributed by atoms with van der Waals surface area (Å²) in [4.78, 5) is 17.0. The molecule has 1 heterocycles. The molecule has 0 fully saturated rings. The second kappa shape index (κ2) is 10.0. The number of carbonyl (C=O) groups is 1. The van der Waals surface area contributed by atoms with Crippen molar-refractivity contribution < 1.29 is 17.9 Å². The molecule has 9 heteroatoms. The largest absolute Gasteiger partial charge is 0.483 e. The number of benzene rings is 2. The summed E-state index contributed by atoms with van der Waals surface area (Å²) in [6, 6.07) is 12.0. The van der Waals surface area contributed by atoms with E-state index in [4.69, 9.17) is 4.74 Å². The van der Waals surface area contributed by atoms with Crippen LogP contribution in [0.5, 0.6) is 5.75 Å². The van der Waals surface area contributed by atoms with Crippen LogP contribution in [-0.4, -0.2) is 32.5 Å². The van der Waals surface area contributed by atoms with Crippen LogP contribution in [-0.2, 0) is 14.8 Å². The van der Waals surface area contributed by atoms with E-state index in [0.717, 1.165) is 16.3 Å². The number of ether oxygens (including phenoxy) is 1. The van der Waals surface area contributed by atoms with Crippen LogP contribution in [0.4, 0.5) is 5.69 Å². The molecule has 0 radical (unpaired) electrons. The van der Waals surface area contributed by atoms with Gasteiger partial charge in [-0.05, 0) is 56.2 Å². The van der Waals surface area contributed by atoms with E-state index < -0.39 is 10.0 Å². The number of hydrogen-bond donors (Lipinski definition) is 2. The van der Waals surface area contributed by atoms with E-state index in [-0.39, 0.29) is 17.4 Å². The zero-order chi connectivity index (χ0) is 22.4. The highest BCUT2D eigenvalue weighted by atomic mass is 32.2. The number of carbonyl (C=O) groups excluding carboxylic acids is 1. The first kappa shape index (κ1) is 22.9. The highest BCUT2D eigenvalue weighted by molar-refractivity contribution is 7.89. The Morgan fingerprint density at radius 3 is 2.65 bits per heavy atom. The number of sulfonamides is 1. The molecular weight excluding hydrogens is 434 g/mol. The monoisotopic (exact) mass is 459 g/mol. The van der Waals surface area contributed by atoms with Gasteiger partial charge in [0.1, 0.15) is 5.75 Å². The third kappa shape index (κ3) is 6.13. The minimum absolute atomic E-state index is 0.171. The van der Waals surface area contributed by atoms with Crippen molar-refractivity contribution in [2.45, 2.75) is 32.1 Å². The molecule has 0 aliphatic heterocycles. The summed E-state index contributed by atoms with van der Waals surface area (Å²) >= 11 is 1.57. The molecule has 3 rings (SSSR count). The first-order valence-electron chi connectivity index (χ1n) is 9.84. The summed E-state index contributed by atoms with van der Waals surface area (Å²) in [7, 11) is -3.55. The molecule has 31 heavy (non-hydrogen) atoms. The van der Waals surface area contributed by atoms with Crippen molar-refractivity contribution in [1.29, 1.82) is 0 Å². The lowest BCUT2D eigenvalue weighted by atomic mass is 10.1. The lowest BCUT2D eigenvalue weighted by Crippen LogP contribution is -2.24. The lowest BCUT2D eigenvalue weighted by molar-refractivity contribution is -0.118. The predicted molar refractivity (Wildman–Crippen MR) is 123 cm³/mol. The summed E-state index contributed by atoms with van der Waals surface area (Å²) in [5.74, 6) is 0.142. The second-order valence-electron chi connectivity index (χ2n) is 6.99. The number of amides is 1. The summed E-state index contributed by atoms with van der Waals surface area (Å²) in [5, 5.41) is 5.77. The highest BCUT2D eigenvalue weighted by Crippen LogP contribution is 2.25. The number of nitrogens with one attached hydrogen (secondary N) is 2. The Balaban J connectivity index is 1.61. The molecule has 0 spiro atoms. The molecule has 2 aromatic carbocycles. The van der Waals surface area contributed by atoms with Gasteiger partial charge in [0, 0.05) is 23.2 Å². The third-order valence-corrected chi connectivity index (χ3v) is 6.65. The number of aromatic nitrogens is 1. The number of anilines is 1. The van der Waals surface area contributed by atoms with Crippen molar-refractivity contribution in [2.24, 2.45) is 0 Å². The van der Waals surface area contributed by atoms with Gasteiger partial charge in [0.15, 0.2) is 6.61 Å². The number of nitrogens with zero attached hydrogens (tertiary/aromatic N) is 1. The van der Waals surface area contributed by atoms with Gasteiger partial charge < -0.3 is 10.1 Å². The van der Waals surface area contributed by atoms with E-state index in [1.807, 2.05) is 37.4 Å². The van der Waals surface area contributed by atoms with Gasteiger partial charge in [-0.25, -0.2) is 18.1 Å². The van der Waals surface area contributed by atoms with Crippen molar-refractivity contribution in [3.05, 3.63) is 58.4 Å². The zero-order valence-electron chi connectivity index (χ0n) is 17.6. The van der Waals surface area contributed by atoms with Crippen molar-refractivity contribution in [3.63, 3.8) is 0 Å². The van der Waals surface area contributed by atoms with Gasteiger partial charge in [0.2, 0.25) is 10.0 Å². The van der Waals surface area contributed by atoms with Crippen molar-refractivity contribution in [3.8, 4) is 17.0 Å². The average molecular weight is 460 g/mol. The highest BCUT2D eigenvalue weighted by Gasteiger charge is 2.15. The molecule has 0 saturated heterocycles. The molecule has 3 aromatic rings. The maximum absolute atomic E-state index is 12.3. The van der Waals surface area contributed by atoms with Gasteiger partial charge in [-0.2, -0.15) is 0 Å². The zero-order valence-corrected chi connectivity index (χ0v) is 19.3. The summed E-state index contributed by atoms with van der Waals surface area (Å²) < 4.78 is 32.6. The molecule has 0 saturated carbocycles. The van der Waals surface area contributed by atoms with Crippen molar-refractivity contribution in [2.75, 3.05) is 18.5 Å². The molecular formula is C22H25N3O4S2. The van der Waals surface area contributed by atoms with E-state index in [2.05, 4.69) is 15.0 Å². The molecule has 0 aliphatic rings. The Bertz CT molecular complexity index is 1170. The normalized spacial score (nSPS) is 11.3. The van der Waals surface area contributed by atoms with Gasteiger partial charge in [-0.1, -0.05) is 19.1 Å². The Kier molecular flexibility index (Phi) is 7.42. The van der Waals surface area contributed by atoms with Crippen LogP contribution in [0.15, 0.2) is 52.7 Å². The fraction of sp³-hybridized carbons (Fsp3) is 0.273. The third-order valence-electron chi connectivity index (χ3n) is 4.42. The molecule has 0 bridgehead atoms. The van der Waals surface area contributed by atoms with Gasteiger partial charge in [0.25, 0.3) is 5.91 Å². The van der Waals surface area contributed by atoms with Gasteiger partial charge in [0.05, 0.1) is 15.6 Å². The number of thiazole rings is 1. The Morgan fingerprint density at radius 2 is 1.97 bits per heavy atom. The smallest absolute Gasteiger partial charge is 0.262 e. The lowest BCUT2D eigenvalue weighted by Gasteiger charge is -2.12. The van der Waals surface area contributed by atoms with Crippen molar-refractivity contribution in [1.82, 2.24) is 9.71 Å². The topological polar surface area (TPSA) is 97.4 Å². The van der Waals surface area contributed by atoms with Crippen LogP contribution in [0.25, 0.3) is 11.3 Å². The van der Waals surface area contributed by atoms with E-state index >= 15 is 0 Å². The Hall–Kier alpha value is -2.75. The first-order chi connectivity index (χ1) is 14.8. The second-order valence-corrected chi connectivity index (χ2v) is 9.82. The summed E-state index contributed by atoms with van der Waals surface area (Å²) in [6.07, 6.45) is 0.709. The first-order valence-corrected chi connectivity index (χ1v) is 12.2. The van der Waals surface area contributed by atoms with E-state index in [9.17, 15) is 13.2 Å². The van der Waals surface area contributed by atoms with Crippen LogP contribution < -0.4 is 14.8 Å². The molecule has 164 valence electrons. The van der Waals surface area contributed by atoms with Gasteiger partial charge >= 0.3 is 0 Å².